The average molecular weight is 316 g/mol. The van der Waals surface area contributed by atoms with Crippen LogP contribution >= 0.6 is 11.3 Å². The van der Waals surface area contributed by atoms with Crippen LogP contribution in [-0.2, 0) is 9.53 Å². The van der Waals surface area contributed by atoms with Crippen molar-refractivity contribution in [2.45, 2.75) is 18.9 Å². The first kappa shape index (κ1) is 13.7. The minimum atomic E-state index is -0.424. The molecule has 0 saturated carbocycles. The third-order valence-corrected chi connectivity index (χ3v) is 5.36. The summed E-state index contributed by atoms with van der Waals surface area (Å²) in [6, 6.07) is 6.96. The number of urea groups is 1. The number of hydrogen-bond acceptors (Lipinski definition) is 4. The lowest BCUT2D eigenvalue weighted by Gasteiger charge is -2.25. The maximum atomic E-state index is 12.8. The van der Waals surface area contributed by atoms with Crippen molar-refractivity contribution in [3.63, 3.8) is 0 Å². The molecule has 0 bridgehead atoms. The standard InChI is InChI=1S/C16H16N2O3S/c19-15-13(10-4-7-21-8-5-10)17-16(20)18(15)12-3-1-2-11-6-9-22-14(11)12/h1-3,6,9-10,13H,4-5,7-8H2,(H,17,20). The predicted octanol–water partition coefficient (Wildman–Crippen LogP) is 2.75. The zero-order chi connectivity index (χ0) is 15.1. The molecule has 2 aliphatic rings. The van der Waals surface area contributed by atoms with E-state index in [9.17, 15) is 9.59 Å². The molecule has 4 rings (SSSR count). The van der Waals surface area contributed by atoms with Gasteiger partial charge in [0.15, 0.2) is 0 Å². The highest BCUT2D eigenvalue weighted by Crippen LogP contribution is 2.34. The fourth-order valence-corrected chi connectivity index (χ4v) is 4.15. The van der Waals surface area contributed by atoms with E-state index in [0.717, 1.165) is 22.9 Å². The lowest BCUT2D eigenvalue weighted by molar-refractivity contribution is -0.120. The van der Waals surface area contributed by atoms with Gasteiger partial charge < -0.3 is 10.1 Å². The topological polar surface area (TPSA) is 58.6 Å². The highest BCUT2D eigenvalue weighted by molar-refractivity contribution is 7.17. The molecule has 2 aromatic rings. The Hall–Kier alpha value is -1.92. The van der Waals surface area contributed by atoms with E-state index in [1.807, 2.05) is 29.6 Å². The quantitative estimate of drug-likeness (QED) is 0.867. The summed E-state index contributed by atoms with van der Waals surface area (Å²) >= 11 is 1.55. The molecule has 0 spiro atoms. The molecular formula is C16H16N2O3S. The van der Waals surface area contributed by atoms with Gasteiger partial charge in [0, 0.05) is 13.2 Å². The maximum absolute atomic E-state index is 12.8. The molecule has 6 heteroatoms. The second kappa shape index (κ2) is 5.37. The second-order valence-electron chi connectivity index (χ2n) is 5.67. The summed E-state index contributed by atoms with van der Waals surface area (Å²) in [4.78, 5) is 26.5. The van der Waals surface area contributed by atoms with Crippen molar-refractivity contribution in [2.75, 3.05) is 18.1 Å². The fraction of sp³-hybridized carbons (Fsp3) is 0.375. The Labute approximate surface area is 131 Å². The molecular weight excluding hydrogens is 300 g/mol. The van der Waals surface area contributed by atoms with Gasteiger partial charge in [-0.3, -0.25) is 4.79 Å². The molecule has 1 unspecified atom stereocenters. The molecule has 0 aliphatic carbocycles. The zero-order valence-electron chi connectivity index (χ0n) is 12.0. The zero-order valence-corrected chi connectivity index (χ0v) is 12.8. The summed E-state index contributed by atoms with van der Waals surface area (Å²) in [6.45, 7) is 1.32. The molecule has 1 aromatic carbocycles. The van der Waals surface area contributed by atoms with E-state index in [2.05, 4.69) is 5.32 Å². The van der Waals surface area contributed by atoms with Gasteiger partial charge in [-0.15, -0.1) is 11.3 Å². The normalized spacial score (nSPS) is 23.3. The van der Waals surface area contributed by atoms with Crippen LogP contribution in [0.1, 0.15) is 12.8 Å². The van der Waals surface area contributed by atoms with Gasteiger partial charge >= 0.3 is 6.03 Å². The average Bonchev–Trinajstić information content (AvgIpc) is 3.13. The number of benzene rings is 1. The number of hydrogen-bond donors (Lipinski definition) is 1. The van der Waals surface area contributed by atoms with Crippen LogP contribution in [0.4, 0.5) is 10.5 Å². The van der Waals surface area contributed by atoms with Crippen molar-refractivity contribution in [1.29, 1.82) is 0 Å². The van der Waals surface area contributed by atoms with Gasteiger partial charge in [0.05, 0.1) is 10.4 Å². The van der Waals surface area contributed by atoms with Gasteiger partial charge in [-0.25, -0.2) is 9.69 Å². The van der Waals surface area contributed by atoms with Crippen LogP contribution in [0.25, 0.3) is 10.1 Å². The van der Waals surface area contributed by atoms with Crippen LogP contribution in [0.3, 0.4) is 0 Å². The summed E-state index contributed by atoms with van der Waals surface area (Å²) in [6.07, 6.45) is 1.63. The monoisotopic (exact) mass is 316 g/mol. The molecule has 2 saturated heterocycles. The number of fused-ring (bicyclic) bond motifs is 1. The van der Waals surface area contributed by atoms with Crippen molar-refractivity contribution in [1.82, 2.24) is 5.32 Å². The lowest BCUT2D eigenvalue weighted by Crippen LogP contribution is -2.40. The molecule has 114 valence electrons. The number of carbonyl (C=O) groups is 2. The van der Waals surface area contributed by atoms with E-state index in [-0.39, 0.29) is 17.9 Å². The van der Waals surface area contributed by atoms with Gasteiger partial charge in [-0.2, -0.15) is 0 Å². The van der Waals surface area contributed by atoms with Gasteiger partial charge in [0.25, 0.3) is 5.91 Å². The Morgan fingerprint density at radius 1 is 1.18 bits per heavy atom. The predicted molar refractivity (Wildman–Crippen MR) is 85.2 cm³/mol. The SMILES string of the molecule is O=C1NC(C2CCOCC2)C(=O)N1c1cccc2ccsc12. The Morgan fingerprint density at radius 3 is 2.82 bits per heavy atom. The Kier molecular flexibility index (Phi) is 3.35. The molecule has 3 amide bonds. The van der Waals surface area contributed by atoms with Crippen LogP contribution in [0.5, 0.6) is 0 Å². The van der Waals surface area contributed by atoms with Gasteiger partial charge in [0.2, 0.25) is 0 Å². The number of nitrogens with one attached hydrogen (secondary N) is 1. The molecule has 1 atom stereocenters. The molecule has 2 aliphatic heterocycles. The van der Waals surface area contributed by atoms with Crippen LogP contribution in [0, 0.1) is 5.92 Å². The molecule has 3 heterocycles. The number of rotatable bonds is 2. The molecule has 0 radical (unpaired) electrons. The van der Waals surface area contributed by atoms with Crippen LogP contribution < -0.4 is 10.2 Å². The number of nitrogens with zero attached hydrogens (tertiary/aromatic N) is 1. The first-order chi connectivity index (χ1) is 10.8. The third kappa shape index (κ3) is 2.10. The van der Waals surface area contributed by atoms with E-state index in [0.29, 0.717) is 18.9 Å². The minimum absolute atomic E-state index is 0.141. The van der Waals surface area contributed by atoms with Crippen molar-refractivity contribution in [3.8, 4) is 0 Å². The van der Waals surface area contributed by atoms with E-state index in [1.54, 1.807) is 11.3 Å². The van der Waals surface area contributed by atoms with Crippen LogP contribution in [-0.4, -0.2) is 31.2 Å². The number of carbonyl (C=O) groups excluding carboxylic acids is 2. The summed E-state index contributed by atoms with van der Waals surface area (Å²) in [7, 11) is 0. The molecule has 22 heavy (non-hydrogen) atoms. The largest absolute Gasteiger partial charge is 0.381 e. The number of ether oxygens (including phenoxy) is 1. The van der Waals surface area contributed by atoms with Gasteiger partial charge in [-0.05, 0) is 41.7 Å². The van der Waals surface area contributed by atoms with Crippen molar-refractivity contribution < 1.29 is 14.3 Å². The lowest BCUT2D eigenvalue weighted by atomic mass is 9.92. The Bertz CT molecular complexity index is 736. The second-order valence-corrected chi connectivity index (χ2v) is 6.58. The third-order valence-electron chi connectivity index (χ3n) is 4.40. The van der Waals surface area contributed by atoms with Crippen LogP contribution in [0.2, 0.25) is 0 Å². The number of thiophene rings is 1. The van der Waals surface area contributed by atoms with Crippen molar-refractivity contribution in [3.05, 3.63) is 29.6 Å². The number of imide groups is 1. The molecule has 1 N–H and O–H groups in total. The Balaban J connectivity index is 1.69. The van der Waals surface area contributed by atoms with Gasteiger partial charge in [-0.1, -0.05) is 12.1 Å². The summed E-state index contributed by atoms with van der Waals surface area (Å²) in [5.41, 5.74) is 0.685. The number of amides is 3. The maximum Gasteiger partial charge on any atom is 0.329 e. The highest BCUT2D eigenvalue weighted by atomic mass is 32.1. The van der Waals surface area contributed by atoms with E-state index >= 15 is 0 Å². The molecule has 1 aromatic heterocycles. The highest BCUT2D eigenvalue weighted by Gasteiger charge is 2.44. The molecule has 5 nitrogen and oxygen atoms in total. The van der Waals surface area contributed by atoms with Crippen molar-refractivity contribution >= 4 is 39.0 Å². The summed E-state index contributed by atoms with van der Waals surface area (Å²) in [5.74, 6) is 0.0236. The summed E-state index contributed by atoms with van der Waals surface area (Å²) < 4.78 is 6.32. The number of anilines is 1. The van der Waals surface area contributed by atoms with Crippen LogP contribution in [0.15, 0.2) is 29.6 Å². The van der Waals surface area contributed by atoms with E-state index in [1.165, 1.54) is 4.90 Å². The van der Waals surface area contributed by atoms with E-state index < -0.39 is 6.04 Å². The first-order valence-corrected chi connectivity index (χ1v) is 8.32. The summed E-state index contributed by atoms with van der Waals surface area (Å²) in [5, 5.41) is 5.89. The molecule has 2 fully saturated rings. The smallest absolute Gasteiger partial charge is 0.329 e. The van der Waals surface area contributed by atoms with Gasteiger partial charge in [0.1, 0.15) is 6.04 Å². The van der Waals surface area contributed by atoms with Crippen molar-refractivity contribution in [2.24, 2.45) is 5.92 Å². The first-order valence-electron chi connectivity index (χ1n) is 7.44. The van der Waals surface area contributed by atoms with E-state index in [4.69, 9.17) is 4.74 Å². The fourth-order valence-electron chi connectivity index (χ4n) is 3.25. The Morgan fingerprint density at radius 2 is 2.00 bits per heavy atom. The minimum Gasteiger partial charge on any atom is -0.381 e.